The SMILES string of the molecule is CCc1ccc(-c2c(C)ccc3oc4cccnc4c23)[n+](C)c1. The number of rotatable bonds is 2. The fourth-order valence-electron chi connectivity index (χ4n) is 3.25. The lowest BCUT2D eigenvalue weighted by atomic mass is 9.99. The average molecular weight is 303 g/mol. The molecule has 0 radical (unpaired) electrons. The lowest BCUT2D eigenvalue weighted by Gasteiger charge is -2.07. The van der Waals surface area contributed by atoms with Gasteiger partial charge in [0.25, 0.3) is 0 Å². The summed E-state index contributed by atoms with van der Waals surface area (Å²) in [4.78, 5) is 4.56. The topological polar surface area (TPSA) is 29.9 Å². The Hall–Kier alpha value is -2.68. The number of aryl methyl sites for hydroxylation is 3. The van der Waals surface area contributed by atoms with Crippen LogP contribution < -0.4 is 4.57 Å². The van der Waals surface area contributed by atoms with Crippen LogP contribution in [-0.2, 0) is 13.5 Å². The summed E-state index contributed by atoms with van der Waals surface area (Å²) in [5.41, 5.74) is 7.59. The second-order valence-electron chi connectivity index (χ2n) is 5.97. The van der Waals surface area contributed by atoms with Gasteiger partial charge in [0, 0.05) is 17.8 Å². The number of fused-ring (bicyclic) bond motifs is 3. The van der Waals surface area contributed by atoms with Gasteiger partial charge in [-0.3, -0.25) is 4.98 Å². The minimum atomic E-state index is 0.835. The summed E-state index contributed by atoms with van der Waals surface area (Å²) in [7, 11) is 2.10. The van der Waals surface area contributed by atoms with Crippen molar-refractivity contribution in [3.8, 4) is 11.3 Å². The minimum absolute atomic E-state index is 0.835. The lowest BCUT2D eigenvalue weighted by molar-refractivity contribution is -0.660. The molecule has 23 heavy (non-hydrogen) atoms. The lowest BCUT2D eigenvalue weighted by Crippen LogP contribution is -2.31. The molecule has 4 aromatic rings. The number of furan rings is 1. The molecule has 0 amide bonds. The van der Waals surface area contributed by atoms with Gasteiger partial charge in [0.2, 0.25) is 5.69 Å². The molecule has 0 aliphatic heterocycles. The van der Waals surface area contributed by atoms with E-state index in [0.29, 0.717) is 0 Å². The molecular weight excluding hydrogens is 284 g/mol. The average Bonchev–Trinajstić information content (AvgIpc) is 2.94. The quantitative estimate of drug-likeness (QED) is 0.515. The third-order valence-electron chi connectivity index (χ3n) is 4.46. The van der Waals surface area contributed by atoms with E-state index in [2.05, 4.69) is 54.8 Å². The standard InChI is InChI=1S/C20H19N2O/c1-4-14-8-9-15(22(3)12-14)18-13(2)7-10-16-19(18)20-17(23-16)6-5-11-21-20/h5-12H,4H2,1-3H3/q+1. The molecule has 0 unspecified atom stereocenters. The summed E-state index contributed by atoms with van der Waals surface area (Å²) in [6.45, 7) is 4.32. The molecule has 1 aromatic carbocycles. The van der Waals surface area contributed by atoms with Crippen LogP contribution in [0.15, 0.2) is 53.2 Å². The Labute approximate surface area is 135 Å². The summed E-state index contributed by atoms with van der Waals surface area (Å²) < 4.78 is 8.18. The summed E-state index contributed by atoms with van der Waals surface area (Å²) in [5, 5.41) is 1.10. The highest BCUT2D eigenvalue weighted by Gasteiger charge is 2.20. The number of nitrogens with zero attached hydrogens (tertiary/aromatic N) is 2. The minimum Gasteiger partial charge on any atom is -0.454 e. The molecule has 0 saturated heterocycles. The molecule has 3 aromatic heterocycles. The highest BCUT2D eigenvalue weighted by molar-refractivity contribution is 6.10. The molecule has 3 heteroatoms. The van der Waals surface area contributed by atoms with E-state index in [0.717, 1.165) is 28.5 Å². The van der Waals surface area contributed by atoms with Gasteiger partial charge in [-0.2, -0.15) is 0 Å². The molecule has 3 nitrogen and oxygen atoms in total. The summed E-state index contributed by atoms with van der Waals surface area (Å²) in [6.07, 6.45) is 5.06. The van der Waals surface area contributed by atoms with Gasteiger partial charge in [-0.15, -0.1) is 0 Å². The van der Waals surface area contributed by atoms with Crippen LogP contribution in [0.2, 0.25) is 0 Å². The Kier molecular flexibility index (Phi) is 3.15. The van der Waals surface area contributed by atoms with E-state index in [1.807, 2.05) is 24.4 Å². The van der Waals surface area contributed by atoms with Crippen LogP contribution in [0.1, 0.15) is 18.1 Å². The first-order chi connectivity index (χ1) is 11.2. The molecule has 0 bridgehead atoms. The smallest absolute Gasteiger partial charge is 0.213 e. The molecule has 0 fully saturated rings. The van der Waals surface area contributed by atoms with E-state index in [-0.39, 0.29) is 0 Å². The van der Waals surface area contributed by atoms with E-state index in [1.165, 1.54) is 22.4 Å². The van der Waals surface area contributed by atoms with Gasteiger partial charge in [0.05, 0.1) is 10.9 Å². The van der Waals surface area contributed by atoms with Gasteiger partial charge in [0.15, 0.2) is 11.8 Å². The third-order valence-corrected chi connectivity index (χ3v) is 4.46. The largest absolute Gasteiger partial charge is 0.454 e. The monoisotopic (exact) mass is 303 g/mol. The zero-order valence-corrected chi connectivity index (χ0v) is 13.6. The Morgan fingerprint density at radius 3 is 2.74 bits per heavy atom. The van der Waals surface area contributed by atoms with Crippen molar-refractivity contribution in [2.24, 2.45) is 7.05 Å². The number of benzene rings is 1. The van der Waals surface area contributed by atoms with Gasteiger partial charge in [-0.1, -0.05) is 13.0 Å². The van der Waals surface area contributed by atoms with Gasteiger partial charge in [-0.25, -0.2) is 4.57 Å². The van der Waals surface area contributed by atoms with E-state index < -0.39 is 0 Å². The molecule has 4 rings (SSSR count). The molecule has 0 N–H and O–H groups in total. The van der Waals surface area contributed by atoms with Gasteiger partial charge < -0.3 is 4.42 Å². The Bertz CT molecular complexity index is 1030. The third kappa shape index (κ3) is 2.12. The maximum atomic E-state index is 5.98. The Balaban J connectivity index is 2.12. The van der Waals surface area contributed by atoms with Crippen molar-refractivity contribution < 1.29 is 8.98 Å². The van der Waals surface area contributed by atoms with Crippen molar-refractivity contribution in [3.63, 3.8) is 0 Å². The summed E-state index contributed by atoms with van der Waals surface area (Å²) in [5.74, 6) is 0. The molecule has 3 heterocycles. The van der Waals surface area contributed by atoms with Crippen LogP contribution in [0.4, 0.5) is 0 Å². The maximum Gasteiger partial charge on any atom is 0.213 e. The second kappa shape index (κ2) is 5.20. The molecular formula is C20H19N2O+. The van der Waals surface area contributed by atoms with Crippen LogP contribution in [0.5, 0.6) is 0 Å². The first kappa shape index (κ1) is 13.9. The van der Waals surface area contributed by atoms with Crippen molar-refractivity contribution in [3.05, 3.63) is 59.9 Å². The highest BCUT2D eigenvalue weighted by Crippen LogP contribution is 2.36. The zero-order valence-electron chi connectivity index (χ0n) is 13.6. The Morgan fingerprint density at radius 1 is 1.09 bits per heavy atom. The van der Waals surface area contributed by atoms with E-state index in [9.17, 15) is 0 Å². The number of aromatic nitrogens is 2. The predicted octanol–water partition coefficient (Wildman–Crippen LogP) is 4.34. The predicted molar refractivity (Wildman–Crippen MR) is 92.2 cm³/mol. The van der Waals surface area contributed by atoms with Crippen molar-refractivity contribution in [2.75, 3.05) is 0 Å². The van der Waals surface area contributed by atoms with Crippen LogP contribution in [0, 0.1) is 6.92 Å². The van der Waals surface area contributed by atoms with Gasteiger partial charge in [-0.05, 0) is 43.2 Å². The molecule has 114 valence electrons. The van der Waals surface area contributed by atoms with Crippen molar-refractivity contribution in [1.82, 2.24) is 4.98 Å². The molecule has 0 atom stereocenters. The Morgan fingerprint density at radius 2 is 1.96 bits per heavy atom. The van der Waals surface area contributed by atoms with Crippen LogP contribution in [-0.4, -0.2) is 4.98 Å². The molecule has 0 aliphatic carbocycles. The fraction of sp³-hybridized carbons (Fsp3) is 0.200. The van der Waals surface area contributed by atoms with Crippen LogP contribution in [0.25, 0.3) is 33.3 Å². The van der Waals surface area contributed by atoms with Crippen molar-refractivity contribution >= 4 is 22.1 Å². The van der Waals surface area contributed by atoms with E-state index in [1.54, 1.807) is 0 Å². The molecule has 0 saturated carbocycles. The first-order valence-electron chi connectivity index (χ1n) is 7.95. The summed E-state index contributed by atoms with van der Waals surface area (Å²) >= 11 is 0. The molecule has 0 spiro atoms. The van der Waals surface area contributed by atoms with Crippen molar-refractivity contribution in [2.45, 2.75) is 20.3 Å². The van der Waals surface area contributed by atoms with E-state index >= 15 is 0 Å². The highest BCUT2D eigenvalue weighted by atomic mass is 16.3. The number of pyridine rings is 2. The first-order valence-corrected chi connectivity index (χ1v) is 7.95. The van der Waals surface area contributed by atoms with Crippen LogP contribution >= 0.6 is 0 Å². The zero-order chi connectivity index (χ0) is 16.0. The molecule has 0 aliphatic rings. The van der Waals surface area contributed by atoms with Crippen molar-refractivity contribution in [1.29, 1.82) is 0 Å². The fourth-order valence-corrected chi connectivity index (χ4v) is 3.25. The van der Waals surface area contributed by atoms with Gasteiger partial charge in [0.1, 0.15) is 18.1 Å². The normalized spacial score (nSPS) is 11.4. The second-order valence-corrected chi connectivity index (χ2v) is 5.97. The number of hydrogen-bond donors (Lipinski definition) is 0. The van der Waals surface area contributed by atoms with E-state index in [4.69, 9.17) is 4.42 Å². The summed E-state index contributed by atoms with van der Waals surface area (Å²) in [6, 6.07) is 12.4. The number of hydrogen-bond acceptors (Lipinski definition) is 2. The maximum absolute atomic E-state index is 5.98. The van der Waals surface area contributed by atoms with Gasteiger partial charge >= 0.3 is 0 Å². The van der Waals surface area contributed by atoms with Crippen LogP contribution in [0.3, 0.4) is 0 Å².